The maximum Gasteiger partial charge on any atom is 0.339 e. The first-order chi connectivity index (χ1) is 14.6. The monoisotopic (exact) mass is 468 g/mol. The van der Waals surface area contributed by atoms with Crippen LogP contribution in [-0.4, -0.2) is 46.3 Å². The molecular weight excluding hydrogens is 444 g/mol. The summed E-state index contributed by atoms with van der Waals surface area (Å²) in [6.45, 7) is 3.73. The highest BCUT2D eigenvalue weighted by Crippen LogP contribution is 2.24. The van der Waals surface area contributed by atoms with E-state index < -0.39 is 22.1 Å². The first kappa shape index (κ1) is 24.5. The topological polar surface area (TPSA) is 102 Å². The molecule has 0 fully saturated rings. The Morgan fingerprint density at radius 2 is 1.77 bits per heavy atom. The highest BCUT2D eigenvalue weighted by atomic mass is 35.5. The van der Waals surface area contributed by atoms with E-state index in [2.05, 4.69) is 5.32 Å². The number of benzene rings is 2. The standard InChI is InChI=1S/C21H25ClN2O6S/c1-5-19(30-16-10-8-15(9-11-16)24(3)31(4,27)28)20(25)23-14-7-12-17(18(22)13-14)21(26)29-6-2/h7-13,19H,5-6H2,1-4H3,(H,23,25). The van der Waals surface area contributed by atoms with E-state index in [-0.39, 0.29) is 23.1 Å². The molecule has 8 nitrogen and oxygen atoms in total. The van der Waals surface area contributed by atoms with E-state index >= 15 is 0 Å². The Balaban J connectivity index is 2.07. The van der Waals surface area contributed by atoms with Crippen LogP contribution in [-0.2, 0) is 19.6 Å². The second-order valence-electron chi connectivity index (χ2n) is 6.64. The molecule has 2 rings (SSSR count). The van der Waals surface area contributed by atoms with Crippen molar-refractivity contribution in [3.8, 4) is 5.75 Å². The average molecular weight is 469 g/mol. The number of rotatable bonds is 9. The van der Waals surface area contributed by atoms with Crippen molar-refractivity contribution in [3.63, 3.8) is 0 Å². The minimum Gasteiger partial charge on any atom is -0.481 e. The Hall–Kier alpha value is -2.78. The number of esters is 1. The molecule has 1 unspecified atom stereocenters. The SMILES string of the molecule is CCOC(=O)c1ccc(NC(=O)C(CC)Oc2ccc(N(C)S(C)(=O)=O)cc2)cc1Cl. The molecule has 0 bridgehead atoms. The number of sulfonamides is 1. The Labute approximate surface area is 187 Å². The van der Waals surface area contributed by atoms with Crippen molar-refractivity contribution in [3.05, 3.63) is 53.1 Å². The summed E-state index contributed by atoms with van der Waals surface area (Å²) in [5.74, 6) is -0.506. The van der Waals surface area contributed by atoms with Crippen molar-refractivity contribution < 1.29 is 27.5 Å². The first-order valence-corrected chi connectivity index (χ1v) is 11.8. The number of hydrogen-bond donors (Lipinski definition) is 1. The molecule has 0 aromatic heterocycles. The van der Waals surface area contributed by atoms with Crippen LogP contribution >= 0.6 is 11.6 Å². The molecule has 0 spiro atoms. The molecular formula is C21H25ClN2O6S. The van der Waals surface area contributed by atoms with E-state index in [1.807, 2.05) is 0 Å². The van der Waals surface area contributed by atoms with Gasteiger partial charge in [-0.05, 0) is 55.8 Å². The van der Waals surface area contributed by atoms with Gasteiger partial charge in [0.15, 0.2) is 6.10 Å². The summed E-state index contributed by atoms with van der Waals surface area (Å²) < 4.78 is 35.1. The van der Waals surface area contributed by atoms with Crippen molar-refractivity contribution in [1.29, 1.82) is 0 Å². The molecule has 2 aromatic rings. The Bertz CT molecular complexity index is 1040. The first-order valence-electron chi connectivity index (χ1n) is 9.55. The molecule has 1 atom stereocenters. The van der Waals surface area contributed by atoms with E-state index in [9.17, 15) is 18.0 Å². The number of anilines is 2. The second-order valence-corrected chi connectivity index (χ2v) is 9.06. The predicted octanol–water partition coefficient (Wildman–Crippen LogP) is 3.71. The number of nitrogens with zero attached hydrogens (tertiary/aromatic N) is 1. The van der Waals surface area contributed by atoms with E-state index in [1.54, 1.807) is 44.2 Å². The van der Waals surface area contributed by atoms with Gasteiger partial charge in [0.05, 0.1) is 29.1 Å². The Morgan fingerprint density at radius 3 is 2.29 bits per heavy atom. The van der Waals surface area contributed by atoms with Gasteiger partial charge in [-0.1, -0.05) is 18.5 Å². The maximum atomic E-state index is 12.6. The summed E-state index contributed by atoms with van der Waals surface area (Å²) in [5, 5.41) is 2.88. The van der Waals surface area contributed by atoms with Crippen molar-refractivity contribution in [2.45, 2.75) is 26.4 Å². The predicted molar refractivity (Wildman–Crippen MR) is 120 cm³/mol. The van der Waals surface area contributed by atoms with Gasteiger partial charge >= 0.3 is 5.97 Å². The van der Waals surface area contributed by atoms with Crippen LogP contribution in [0.25, 0.3) is 0 Å². The van der Waals surface area contributed by atoms with E-state index in [1.165, 1.54) is 19.2 Å². The van der Waals surface area contributed by atoms with Crippen molar-refractivity contribution >= 4 is 44.9 Å². The number of hydrogen-bond acceptors (Lipinski definition) is 6. The zero-order chi connectivity index (χ0) is 23.2. The molecule has 31 heavy (non-hydrogen) atoms. The molecule has 10 heteroatoms. The number of carbonyl (C=O) groups is 2. The number of carbonyl (C=O) groups excluding carboxylic acids is 2. The van der Waals surface area contributed by atoms with Gasteiger partial charge in [0.2, 0.25) is 10.0 Å². The largest absolute Gasteiger partial charge is 0.481 e. The lowest BCUT2D eigenvalue weighted by Crippen LogP contribution is -2.32. The number of halogens is 1. The molecule has 0 heterocycles. The van der Waals surface area contributed by atoms with Crippen LogP contribution in [0, 0.1) is 0 Å². The normalized spacial score (nSPS) is 12.0. The third-order valence-electron chi connectivity index (χ3n) is 4.37. The summed E-state index contributed by atoms with van der Waals surface area (Å²) >= 11 is 6.13. The third-order valence-corrected chi connectivity index (χ3v) is 5.89. The summed E-state index contributed by atoms with van der Waals surface area (Å²) in [4.78, 5) is 24.5. The van der Waals surface area contributed by atoms with Gasteiger partial charge in [-0.15, -0.1) is 0 Å². The molecule has 1 amide bonds. The smallest absolute Gasteiger partial charge is 0.339 e. The molecule has 0 aliphatic heterocycles. The average Bonchev–Trinajstić information content (AvgIpc) is 2.71. The number of nitrogens with one attached hydrogen (secondary N) is 1. The zero-order valence-corrected chi connectivity index (χ0v) is 19.3. The Morgan fingerprint density at radius 1 is 1.13 bits per heavy atom. The van der Waals surface area contributed by atoms with Crippen molar-refractivity contribution in [2.75, 3.05) is 29.5 Å². The zero-order valence-electron chi connectivity index (χ0n) is 17.7. The lowest BCUT2D eigenvalue weighted by molar-refractivity contribution is -0.122. The van der Waals surface area contributed by atoms with Crippen molar-refractivity contribution in [1.82, 2.24) is 0 Å². The molecule has 0 aliphatic carbocycles. The molecule has 2 aromatic carbocycles. The summed E-state index contributed by atoms with van der Waals surface area (Å²) in [6.07, 6.45) is 0.716. The van der Waals surface area contributed by atoms with E-state index in [0.717, 1.165) is 10.6 Å². The van der Waals surface area contributed by atoms with Gasteiger partial charge in [0.1, 0.15) is 5.75 Å². The molecule has 0 radical (unpaired) electrons. The maximum absolute atomic E-state index is 12.6. The van der Waals surface area contributed by atoms with Gasteiger partial charge < -0.3 is 14.8 Å². The lowest BCUT2D eigenvalue weighted by Gasteiger charge is -2.19. The third kappa shape index (κ3) is 6.60. The fraction of sp³-hybridized carbons (Fsp3) is 0.333. The molecule has 0 saturated heterocycles. The molecule has 168 valence electrons. The number of amides is 1. The van der Waals surface area contributed by atoms with Gasteiger partial charge in [0, 0.05) is 12.7 Å². The van der Waals surface area contributed by atoms with Crippen molar-refractivity contribution in [2.24, 2.45) is 0 Å². The van der Waals surface area contributed by atoms with Crippen LogP contribution < -0.4 is 14.4 Å². The van der Waals surface area contributed by atoms with Crippen LogP contribution in [0.5, 0.6) is 5.75 Å². The summed E-state index contributed by atoms with van der Waals surface area (Å²) in [6, 6.07) is 10.9. The quantitative estimate of drug-likeness (QED) is 0.563. The van der Waals surface area contributed by atoms with Gasteiger partial charge in [0.25, 0.3) is 5.91 Å². The van der Waals surface area contributed by atoms with Crippen LogP contribution in [0.1, 0.15) is 30.6 Å². The van der Waals surface area contributed by atoms with Crippen LogP contribution in [0.3, 0.4) is 0 Å². The van der Waals surface area contributed by atoms with Gasteiger partial charge in [-0.2, -0.15) is 0 Å². The molecule has 1 N–H and O–H groups in total. The highest BCUT2D eigenvalue weighted by Gasteiger charge is 2.20. The van der Waals surface area contributed by atoms with E-state index in [0.29, 0.717) is 23.5 Å². The van der Waals surface area contributed by atoms with Gasteiger partial charge in [-0.3, -0.25) is 9.10 Å². The lowest BCUT2D eigenvalue weighted by atomic mass is 10.2. The number of ether oxygens (including phenoxy) is 2. The fourth-order valence-corrected chi connectivity index (χ4v) is 3.36. The van der Waals surface area contributed by atoms with Gasteiger partial charge in [-0.25, -0.2) is 13.2 Å². The second kappa shape index (κ2) is 10.5. The minimum atomic E-state index is -3.37. The van der Waals surface area contributed by atoms with Crippen LogP contribution in [0.2, 0.25) is 5.02 Å². The minimum absolute atomic E-state index is 0.163. The summed E-state index contributed by atoms with van der Waals surface area (Å²) in [5.41, 5.74) is 1.10. The van der Waals surface area contributed by atoms with E-state index in [4.69, 9.17) is 21.1 Å². The molecule has 0 aliphatic rings. The Kier molecular flexibility index (Phi) is 8.29. The highest BCUT2D eigenvalue weighted by molar-refractivity contribution is 7.92. The summed E-state index contributed by atoms with van der Waals surface area (Å²) in [7, 11) is -1.92. The van der Waals surface area contributed by atoms with Crippen LogP contribution in [0.4, 0.5) is 11.4 Å². The molecule has 0 saturated carbocycles. The van der Waals surface area contributed by atoms with Crippen LogP contribution in [0.15, 0.2) is 42.5 Å². The fourth-order valence-electron chi connectivity index (χ4n) is 2.60.